The van der Waals surface area contributed by atoms with Crippen LogP contribution in [0.2, 0.25) is 0 Å². The first kappa shape index (κ1) is 22.1. The minimum absolute atomic E-state index is 0.0694. The van der Waals surface area contributed by atoms with Crippen LogP contribution in [0.25, 0.3) is 22.2 Å². The molecule has 13 heteroatoms. The first-order chi connectivity index (χ1) is 13.7. The molecular weight excluding hydrogens is 442 g/mol. The van der Waals surface area contributed by atoms with Crippen LogP contribution < -0.4 is 10.0 Å². The van der Waals surface area contributed by atoms with Crippen molar-refractivity contribution in [1.82, 2.24) is 15.0 Å². The Morgan fingerprint density at radius 1 is 1.13 bits per heavy atom. The summed E-state index contributed by atoms with van der Waals surface area (Å²) in [7, 11) is -3.03. The molecule has 2 aromatic heterocycles. The number of nitrogens with zero attached hydrogens (tertiary/aromatic N) is 2. The van der Waals surface area contributed by atoms with E-state index in [0.717, 1.165) is 18.3 Å². The predicted molar refractivity (Wildman–Crippen MR) is 94.9 cm³/mol. The van der Waals surface area contributed by atoms with Gasteiger partial charge in [-0.2, -0.15) is 31.3 Å². The molecule has 30 heavy (non-hydrogen) atoms. The predicted octanol–water partition coefficient (Wildman–Crippen LogP) is 4.97. The van der Waals surface area contributed by atoms with E-state index in [4.69, 9.17) is 0 Å². The van der Waals surface area contributed by atoms with Crippen molar-refractivity contribution in [3.05, 3.63) is 35.9 Å². The molecule has 0 saturated heterocycles. The van der Waals surface area contributed by atoms with Crippen LogP contribution in [0.1, 0.15) is 5.56 Å². The zero-order chi connectivity index (χ0) is 22.5. The molecule has 5 nitrogen and oxygen atoms in total. The molecule has 0 amide bonds. The summed E-state index contributed by atoms with van der Waals surface area (Å²) >= 11 is 0. The highest BCUT2D eigenvalue weighted by atomic mass is 31.2. The second-order valence-electron chi connectivity index (χ2n) is 6.72. The zero-order valence-electron chi connectivity index (χ0n) is 15.3. The second-order valence-corrected chi connectivity index (χ2v) is 9.90. The Bertz CT molecular complexity index is 1150. The minimum Gasteiger partial charge on any atom is -0.454 e. The van der Waals surface area contributed by atoms with Crippen LogP contribution >= 0.6 is 7.14 Å². The van der Waals surface area contributed by atoms with Crippen molar-refractivity contribution < 1.29 is 40.0 Å². The van der Waals surface area contributed by atoms with Crippen LogP contribution in [0.4, 0.5) is 30.7 Å². The summed E-state index contributed by atoms with van der Waals surface area (Å²) < 4.78 is 108. The van der Waals surface area contributed by atoms with Gasteiger partial charge in [0.1, 0.15) is 18.5 Å². The molecule has 0 unspecified atom stereocenters. The van der Waals surface area contributed by atoms with Gasteiger partial charge in [0, 0.05) is 28.6 Å². The molecule has 1 aromatic carbocycles. The largest absolute Gasteiger partial charge is 0.454 e. The Kier molecular flexibility index (Phi) is 5.34. The number of aromatic amines is 1. The molecular formula is C17H13F7N3O2P. The summed E-state index contributed by atoms with van der Waals surface area (Å²) in [5, 5.41) is -0.000180. The van der Waals surface area contributed by atoms with Crippen molar-refractivity contribution in [1.29, 1.82) is 0 Å². The second kappa shape index (κ2) is 7.26. The summed E-state index contributed by atoms with van der Waals surface area (Å²) in [4.78, 5) is 9.34. The molecule has 0 radical (unpaired) electrons. The van der Waals surface area contributed by atoms with Gasteiger partial charge in [-0.3, -0.25) is 0 Å². The average Bonchev–Trinajstić information content (AvgIpc) is 3.00. The molecule has 0 atom stereocenters. The number of ether oxygens (including phenoxy) is 1. The third-order valence-electron chi connectivity index (χ3n) is 4.01. The summed E-state index contributed by atoms with van der Waals surface area (Å²) in [6.45, 7) is 0.909. The number of H-pyrrole nitrogens is 1. The Labute approximate surface area is 164 Å². The van der Waals surface area contributed by atoms with E-state index in [1.54, 1.807) is 0 Å². The van der Waals surface area contributed by atoms with Crippen LogP contribution in [-0.2, 0) is 10.7 Å². The molecule has 2 heterocycles. The van der Waals surface area contributed by atoms with Crippen molar-refractivity contribution in [2.75, 3.05) is 19.9 Å². The Morgan fingerprint density at radius 2 is 1.80 bits per heavy atom. The van der Waals surface area contributed by atoms with E-state index in [1.807, 2.05) is 0 Å². The molecule has 0 aliphatic heterocycles. The van der Waals surface area contributed by atoms with Gasteiger partial charge in [-0.15, -0.1) is 0 Å². The molecule has 0 aliphatic rings. The van der Waals surface area contributed by atoms with Gasteiger partial charge in [0.25, 0.3) is 0 Å². The lowest BCUT2D eigenvalue weighted by Crippen LogP contribution is -2.20. The fourth-order valence-corrected chi connectivity index (χ4v) is 3.95. The molecule has 0 saturated carbocycles. The number of fused-ring (bicyclic) bond motifs is 1. The van der Waals surface area contributed by atoms with Gasteiger partial charge in [0.15, 0.2) is 6.61 Å². The smallest absolute Gasteiger partial charge is 0.422 e. The molecule has 3 aromatic rings. The van der Waals surface area contributed by atoms with E-state index in [-0.39, 0.29) is 28.0 Å². The van der Waals surface area contributed by atoms with Crippen LogP contribution in [0.3, 0.4) is 0 Å². The number of benzene rings is 1. The highest BCUT2D eigenvalue weighted by molar-refractivity contribution is 7.70. The molecule has 0 bridgehead atoms. The van der Waals surface area contributed by atoms with E-state index in [0.29, 0.717) is 0 Å². The van der Waals surface area contributed by atoms with Crippen LogP contribution in [0.15, 0.2) is 24.5 Å². The quantitative estimate of drug-likeness (QED) is 0.446. The standard InChI is InChI=1S/C17H13F7N3O2P/c1-30(2,28)12-4-8(18)3-9-10(5-25-14(9)12)13-11(17(22,23)24)6-26-15(27-13)29-7-16(19,20)21/h3-6,25H,7H2,1-2H3. The van der Waals surface area contributed by atoms with E-state index < -0.39 is 49.2 Å². The van der Waals surface area contributed by atoms with E-state index in [1.165, 1.54) is 13.3 Å². The van der Waals surface area contributed by atoms with Crippen molar-refractivity contribution >= 4 is 23.3 Å². The molecule has 0 fully saturated rings. The molecule has 1 N–H and O–H groups in total. The molecule has 0 spiro atoms. The Morgan fingerprint density at radius 3 is 2.37 bits per heavy atom. The fraction of sp³-hybridized carbons (Fsp3) is 0.294. The number of hydrogen-bond donors (Lipinski definition) is 1. The topological polar surface area (TPSA) is 67.9 Å². The van der Waals surface area contributed by atoms with E-state index in [9.17, 15) is 35.3 Å². The number of nitrogens with one attached hydrogen (secondary N) is 1. The van der Waals surface area contributed by atoms with Gasteiger partial charge in [0.05, 0.1) is 11.2 Å². The van der Waals surface area contributed by atoms with Crippen molar-refractivity contribution in [3.8, 4) is 17.3 Å². The SMILES string of the molecule is CP(C)(=O)c1cc(F)cc2c(-c3nc(OCC(F)(F)F)ncc3C(F)(F)F)c[nH]c12. The van der Waals surface area contributed by atoms with Crippen LogP contribution in [0, 0.1) is 5.82 Å². The summed E-state index contributed by atoms with van der Waals surface area (Å²) in [6.07, 6.45) is -8.34. The number of rotatable bonds is 4. The third-order valence-corrected chi connectivity index (χ3v) is 5.52. The fourth-order valence-electron chi connectivity index (χ4n) is 2.79. The highest BCUT2D eigenvalue weighted by Crippen LogP contribution is 2.42. The lowest BCUT2D eigenvalue weighted by atomic mass is 10.1. The van der Waals surface area contributed by atoms with Crippen molar-refractivity contribution in [3.63, 3.8) is 0 Å². The summed E-state index contributed by atoms with van der Waals surface area (Å²) in [5.74, 6) is -0.849. The molecule has 162 valence electrons. The number of aromatic nitrogens is 3. The van der Waals surface area contributed by atoms with Gasteiger partial charge < -0.3 is 14.3 Å². The normalized spacial score (nSPS) is 13.1. The Hall–Kier alpha value is -2.62. The van der Waals surface area contributed by atoms with Gasteiger partial charge in [-0.05, 0) is 25.5 Å². The number of alkyl halides is 6. The number of halogens is 7. The maximum Gasteiger partial charge on any atom is 0.422 e. The maximum atomic E-state index is 14.1. The van der Waals surface area contributed by atoms with E-state index >= 15 is 0 Å². The van der Waals surface area contributed by atoms with Crippen molar-refractivity contribution in [2.24, 2.45) is 0 Å². The molecule has 3 rings (SSSR count). The van der Waals surface area contributed by atoms with Crippen molar-refractivity contribution in [2.45, 2.75) is 12.4 Å². The van der Waals surface area contributed by atoms with Crippen LogP contribution in [0.5, 0.6) is 6.01 Å². The first-order valence-corrected chi connectivity index (χ1v) is 10.8. The third kappa shape index (κ3) is 4.58. The first-order valence-electron chi connectivity index (χ1n) is 8.17. The maximum absolute atomic E-state index is 14.1. The van der Waals surface area contributed by atoms with Gasteiger partial charge >= 0.3 is 18.4 Å². The van der Waals surface area contributed by atoms with Gasteiger partial charge in [-0.1, -0.05) is 0 Å². The van der Waals surface area contributed by atoms with Gasteiger partial charge in [-0.25, -0.2) is 9.37 Å². The average molecular weight is 455 g/mol. The van der Waals surface area contributed by atoms with E-state index in [2.05, 4.69) is 19.7 Å². The van der Waals surface area contributed by atoms with Gasteiger partial charge in [0.2, 0.25) is 0 Å². The summed E-state index contributed by atoms with van der Waals surface area (Å²) in [6, 6.07) is 0.989. The lowest BCUT2D eigenvalue weighted by Gasteiger charge is -2.14. The monoisotopic (exact) mass is 455 g/mol. The lowest BCUT2D eigenvalue weighted by molar-refractivity contribution is -0.155. The summed E-state index contributed by atoms with van der Waals surface area (Å²) in [5.41, 5.74) is -2.29. The number of hydrogen-bond acceptors (Lipinski definition) is 4. The zero-order valence-corrected chi connectivity index (χ0v) is 16.2. The highest BCUT2D eigenvalue weighted by Gasteiger charge is 2.37. The minimum atomic E-state index is -4.96. The van der Waals surface area contributed by atoms with Crippen LogP contribution in [-0.4, -0.2) is 41.1 Å². The Balaban J connectivity index is 2.24. The molecule has 0 aliphatic carbocycles.